The smallest absolute Gasteiger partial charge is 0.407 e. The van der Waals surface area contributed by atoms with E-state index in [1.807, 2.05) is 13.0 Å². The number of fused-ring (bicyclic) bond motifs is 2. The second kappa shape index (κ2) is 10.1. The summed E-state index contributed by atoms with van der Waals surface area (Å²) >= 11 is 0. The summed E-state index contributed by atoms with van der Waals surface area (Å²) in [5.74, 6) is 1.12. The first kappa shape index (κ1) is 24.7. The maximum atomic E-state index is 11.6. The summed E-state index contributed by atoms with van der Waals surface area (Å²) in [5.41, 5.74) is 2.83. The van der Waals surface area contributed by atoms with Crippen LogP contribution in [0.3, 0.4) is 0 Å². The lowest BCUT2D eigenvalue weighted by Crippen LogP contribution is -2.37. The van der Waals surface area contributed by atoms with Gasteiger partial charge in [0.15, 0.2) is 0 Å². The molecule has 1 aliphatic rings. The number of aromatic nitrogens is 3. The van der Waals surface area contributed by atoms with Gasteiger partial charge in [-0.2, -0.15) is 5.26 Å². The largest absolute Gasteiger partial charge is 0.465 e. The van der Waals surface area contributed by atoms with Crippen LogP contribution >= 0.6 is 0 Å². The van der Waals surface area contributed by atoms with Gasteiger partial charge in [0.1, 0.15) is 35.6 Å². The Bertz CT molecular complexity index is 1280. The Morgan fingerprint density at radius 3 is 2.80 bits per heavy atom. The van der Waals surface area contributed by atoms with Gasteiger partial charge >= 0.3 is 6.09 Å². The number of pyridine rings is 2. The van der Waals surface area contributed by atoms with Gasteiger partial charge in [-0.25, -0.2) is 9.78 Å². The molecule has 0 bridgehead atoms. The molecule has 3 aromatic rings. The average molecular weight is 494 g/mol. The molecule has 0 spiro atoms. The van der Waals surface area contributed by atoms with Gasteiger partial charge in [-0.1, -0.05) is 26.6 Å². The highest BCUT2D eigenvalue weighted by Gasteiger charge is 2.28. The van der Waals surface area contributed by atoms with Gasteiger partial charge in [-0.05, 0) is 36.2 Å². The molecule has 0 aromatic carbocycles. The summed E-state index contributed by atoms with van der Waals surface area (Å²) in [7, 11) is -1.21. The Morgan fingerprint density at radius 1 is 1.31 bits per heavy atom. The zero-order chi connectivity index (χ0) is 25.2. The van der Waals surface area contributed by atoms with Crippen molar-refractivity contribution in [3.8, 4) is 17.6 Å². The van der Waals surface area contributed by atoms with Gasteiger partial charge in [0.05, 0.1) is 23.8 Å². The number of ether oxygens (including phenoxy) is 2. The minimum atomic E-state index is -1.21. The van der Waals surface area contributed by atoms with Crippen molar-refractivity contribution < 1.29 is 19.4 Å². The average Bonchev–Trinajstić information content (AvgIpc) is 3.19. The number of carbonyl (C=O) groups is 1. The minimum absolute atomic E-state index is 0.0599. The van der Waals surface area contributed by atoms with Crippen molar-refractivity contribution in [3.63, 3.8) is 0 Å². The second-order valence-electron chi connectivity index (χ2n) is 10.0. The highest BCUT2D eigenvalue weighted by Crippen LogP contribution is 2.35. The number of nitriles is 1. The first-order valence-electron chi connectivity index (χ1n) is 11.8. The number of carboxylic acid groups (broad SMARTS) is 1. The third-order valence-electron chi connectivity index (χ3n) is 6.24. The standard InChI is InChI=1S/C25H31N5O4Si/c1-5-17-14-29(25(31)32)15-18-10-20(13-28-23(17)18)34-22-6-7-27-24-21(22)11-19(12-26)30(24)16-33-8-9-35(2,3)4/h6-7,10-11,13,17H,5,8-9,14-16H2,1-4H3,(H,31,32)/t17-/m0/s1. The first-order chi connectivity index (χ1) is 16.7. The van der Waals surface area contributed by atoms with E-state index in [1.165, 1.54) is 4.90 Å². The molecule has 9 nitrogen and oxygen atoms in total. The van der Waals surface area contributed by atoms with Crippen LogP contribution in [0.25, 0.3) is 11.0 Å². The third kappa shape index (κ3) is 5.47. The fourth-order valence-electron chi connectivity index (χ4n) is 4.24. The molecule has 1 aliphatic heterocycles. The van der Waals surface area contributed by atoms with E-state index in [1.54, 1.807) is 29.1 Å². The van der Waals surface area contributed by atoms with Gasteiger partial charge in [-0.15, -0.1) is 0 Å². The summed E-state index contributed by atoms with van der Waals surface area (Å²) in [6, 6.07) is 8.62. The van der Waals surface area contributed by atoms with Crippen LogP contribution in [0.2, 0.25) is 25.7 Å². The predicted molar refractivity (Wildman–Crippen MR) is 134 cm³/mol. The summed E-state index contributed by atoms with van der Waals surface area (Å²) in [6.07, 6.45) is 3.18. The molecule has 35 heavy (non-hydrogen) atoms. The van der Waals surface area contributed by atoms with Crippen LogP contribution in [-0.4, -0.2) is 51.9 Å². The normalized spacial score (nSPS) is 15.6. The fourth-order valence-corrected chi connectivity index (χ4v) is 4.99. The van der Waals surface area contributed by atoms with Gasteiger partial charge < -0.3 is 19.5 Å². The van der Waals surface area contributed by atoms with E-state index >= 15 is 0 Å². The summed E-state index contributed by atoms with van der Waals surface area (Å²) in [5, 5.41) is 19.9. The molecular formula is C25H31N5O4Si. The topological polar surface area (TPSA) is 114 Å². The highest BCUT2D eigenvalue weighted by atomic mass is 28.3. The van der Waals surface area contributed by atoms with E-state index in [9.17, 15) is 15.2 Å². The van der Waals surface area contributed by atoms with E-state index in [4.69, 9.17) is 9.47 Å². The second-order valence-corrected chi connectivity index (χ2v) is 15.7. The van der Waals surface area contributed by atoms with E-state index < -0.39 is 14.2 Å². The van der Waals surface area contributed by atoms with Crippen LogP contribution in [0.1, 0.15) is 36.2 Å². The Hall–Kier alpha value is -3.42. The molecule has 3 aromatic heterocycles. The van der Waals surface area contributed by atoms with Crippen LogP contribution in [0, 0.1) is 11.3 Å². The Kier molecular flexibility index (Phi) is 7.09. The Balaban J connectivity index is 1.60. The maximum Gasteiger partial charge on any atom is 0.407 e. The van der Waals surface area contributed by atoms with Crippen molar-refractivity contribution in [2.45, 2.75) is 58.2 Å². The molecule has 1 atom stereocenters. The first-order valence-corrected chi connectivity index (χ1v) is 15.5. The molecule has 0 fully saturated rings. The minimum Gasteiger partial charge on any atom is -0.465 e. The molecule has 4 heterocycles. The molecule has 0 unspecified atom stereocenters. The van der Waals surface area contributed by atoms with Crippen molar-refractivity contribution in [2.75, 3.05) is 13.2 Å². The SMILES string of the molecule is CC[C@H]1CN(C(=O)O)Cc2cc(Oc3ccnc4c3cc(C#N)n4COCC[Si](C)(C)C)cnc21. The van der Waals surface area contributed by atoms with Crippen molar-refractivity contribution in [1.29, 1.82) is 5.26 Å². The molecule has 10 heteroatoms. The lowest BCUT2D eigenvalue weighted by Gasteiger charge is -2.31. The van der Waals surface area contributed by atoms with E-state index in [0.717, 1.165) is 23.7 Å². The predicted octanol–water partition coefficient (Wildman–Crippen LogP) is 5.39. The summed E-state index contributed by atoms with van der Waals surface area (Å²) in [6.45, 7) is 10.5. The quantitative estimate of drug-likeness (QED) is 0.330. The van der Waals surface area contributed by atoms with Crippen molar-refractivity contribution in [2.24, 2.45) is 0 Å². The van der Waals surface area contributed by atoms with Crippen LogP contribution in [0.15, 0.2) is 30.6 Å². The molecule has 0 saturated heterocycles. The van der Waals surface area contributed by atoms with Crippen LogP contribution in [0.5, 0.6) is 11.5 Å². The van der Waals surface area contributed by atoms with E-state index in [0.29, 0.717) is 41.4 Å². The molecule has 4 rings (SSSR count). The molecule has 1 amide bonds. The van der Waals surface area contributed by atoms with Gasteiger partial charge in [0, 0.05) is 33.3 Å². The number of hydrogen-bond donors (Lipinski definition) is 1. The van der Waals surface area contributed by atoms with E-state index in [-0.39, 0.29) is 19.2 Å². The summed E-state index contributed by atoms with van der Waals surface area (Å²) < 4.78 is 13.8. The van der Waals surface area contributed by atoms with Crippen molar-refractivity contribution in [1.82, 2.24) is 19.4 Å². The van der Waals surface area contributed by atoms with Gasteiger partial charge in [0.2, 0.25) is 0 Å². The fraction of sp³-hybridized carbons (Fsp3) is 0.440. The lowest BCUT2D eigenvalue weighted by atomic mass is 9.93. The van der Waals surface area contributed by atoms with Gasteiger partial charge in [-0.3, -0.25) is 9.55 Å². The number of amides is 1. The van der Waals surface area contributed by atoms with Crippen molar-refractivity contribution >= 4 is 25.2 Å². The lowest BCUT2D eigenvalue weighted by molar-refractivity contribution is 0.0893. The van der Waals surface area contributed by atoms with Crippen LogP contribution < -0.4 is 4.74 Å². The zero-order valence-corrected chi connectivity index (χ0v) is 21.6. The van der Waals surface area contributed by atoms with Crippen molar-refractivity contribution in [3.05, 3.63) is 47.5 Å². The molecule has 1 N–H and O–H groups in total. The molecule has 0 radical (unpaired) electrons. The zero-order valence-electron chi connectivity index (χ0n) is 20.6. The van der Waals surface area contributed by atoms with E-state index in [2.05, 4.69) is 35.7 Å². The third-order valence-corrected chi connectivity index (χ3v) is 7.95. The Labute approximate surface area is 205 Å². The summed E-state index contributed by atoms with van der Waals surface area (Å²) in [4.78, 5) is 22.1. The highest BCUT2D eigenvalue weighted by molar-refractivity contribution is 6.76. The molecule has 184 valence electrons. The number of nitrogens with zero attached hydrogens (tertiary/aromatic N) is 5. The van der Waals surface area contributed by atoms with Crippen LogP contribution in [0.4, 0.5) is 4.79 Å². The van der Waals surface area contributed by atoms with Gasteiger partial charge in [0.25, 0.3) is 0 Å². The monoisotopic (exact) mass is 493 g/mol. The molecule has 0 saturated carbocycles. The number of hydrogen-bond acceptors (Lipinski definition) is 6. The Morgan fingerprint density at radius 2 is 2.11 bits per heavy atom. The number of rotatable bonds is 8. The van der Waals surface area contributed by atoms with Crippen LogP contribution in [-0.2, 0) is 18.0 Å². The molecular weight excluding hydrogens is 462 g/mol. The maximum absolute atomic E-state index is 11.6. The molecule has 0 aliphatic carbocycles.